The Bertz CT molecular complexity index is 457. The van der Waals surface area contributed by atoms with Crippen LogP contribution in [0.1, 0.15) is 31.1 Å². The molecular formula is C10H17N5S. The largest absolute Gasteiger partial charge is 0.330 e. The molecule has 1 unspecified atom stereocenters. The van der Waals surface area contributed by atoms with Crippen molar-refractivity contribution in [3.8, 4) is 0 Å². The Morgan fingerprint density at radius 3 is 2.81 bits per heavy atom. The molecule has 5 nitrogen and oxygen atoms in total. The van der Waals surface area contributed by atoms with Gasteiger partial charge in [0.05, 0.1) is 0 Å². The van der Waals surface area contributed by atoms with Crippen LogP contribution in [0.15, 0.2) is 0 Å². The van der Waals surface area contributed by atoms with Crippen LogP contribution in [-0.4, -0.2) is 26.4 Å². The standard InChI is InChI=1S/C10H17N5S/c1-3-7(6-11)5-9-14-15-8(4-2)12-13-10(15)16-9/h7H,3-6,11H2,1-2H3. The number of fused-ring (bicyclic) bond motifs is 1. The summed E-state index contributed by atoms with van der Waals surface area (Å²) in [5, 5.41) is 13.8. The molecule has 2 heterocycles. The molecule has 2 aromatic rings. The molecule has 88 valence electrons. The maximum atomic E-state index is 5.70. The third-order valence-corrected chi connectivity index (χ3v) is 3.71. The Hall–Kier alpha value is -1.01. The molecular weight excluding hydrogens is 222 g/mol. The summed E-state index contributed by atoms with van der Waals surface area (Å²) in [5.74, 6) is 1.45. The van der Waals surface area contributed by atoms with E-state index in [0.717, 1.165) is 41.6 Å². The van der Waals surface area contributed by atoms with Gasteiger partial charge in [-0.1, -0.05) is 31.6 Å². The first-order valence-corrected chi connectivity index (χ1v) is 6.50. The lowest BCUT2D eigenvalue weighted by Gasteiger charge is -2.08. The number of aryl methyl sites for hydroxylation is 1. The highest BCUT2D eigenvalue weighted by atomic mass is 32.1. The van der Waals surface area contributed by atoms with Crippen molar-refractivity contribution in [2.24, 2.45) is 11.7 Å². The number of rotatable bonds is 5. The zero-order valence-corrected chi connectivity index (χ0v) is 10.5. The van der Waals surface area contributed by atoms with E-state index >= 15 is 0 Å². The van der Waals surface area contributed by atoms with E-state index in [0.29, 0.717) is 5.92 Å². The molecule has 2 aromatic heterocycles. The van der Waals surface area contributed by atoms with Gasteiger partial charge < -0.3 is 5.73 Å². The molecule has 0 aromatic carbocycles. The number of hydrogen-bond donors (Lipinski definition) is 1. The fourth-order valence-electron chi connectivity index (χ4n) is 1.64. The highest BCUT2D eigenvalue weighted by Crippen LogP contribution is 2.18. The Morgan fingerprint density at radius 1 is 1.38 bits per heavy atom. The maximum absolute atomic E-state index is 5.70. The molecule has 0 spiro atoms. The molecule has 16 heavy (non-hydrogen) atoms. The highest BCUT2D eigenvalue weighted by Gasteiger charge is 2.13. The minimum absolute atomic E-state index is 0.522. The smallest absolute Gasteiger partial charge is 0.234 e. The molecule has 0 saturated carbocycles. The lowest BCUT2D eigenvalue weighted by molar-refractivity contribution is 0.514. The summed E-state index contributed by atoms with van der Waals surface area (Å²) in [4.78, 5) is 0.888. The number of nitrogens with two attached hydrogens (primary N) is 1. The molecule has 0 fully saturated rings. The third kappa shape index (κ3) is 2.08. The second-order valence-electron chi connectivity index (χ2n) is 3.87. The zero-order valence-electron chi connectivity index (χ0n) is 9.68. The van der Waals surface area contributed by atoms with E-state index in [1.165, 1.54) is 0 Å². The van der Waals surface area contributed by atoms with Crippen LogP contribution in [-0.2, 0) is 12.8 Å². The van der Waals surface area contributed by atoms with Crippen molar-refractivity contribution in [1.29, 1.82) is 0 Å². The van der Waals surface area contributed by atoms with E-state index in [4.69, 9.17) is 5.73 Å². The van der Waals surface area contributed by atoms with Crippen LogP contribution < -0.4 is 5.73 Å². The minimum Gasteiger partial charge on any atom is -0.330 e. The predicted octanol–water partition coefficient (Wildman–Crippen LogP) is 1.28. The lowest BCUT2D eigenvalue weighted by atomic mass is 10.0. The Balaban J connectivity index is 2.22. The van der Waals surface area contributed by atoms with Crippen molar-refractivity contribution in [1.82, 2.24) is 19.8 Å². The molecule has 6 heteroatoms. The minimum atomic E-state index is 0.522. The molecule has 0 aliphatic rings. The van der Waals surface area contributed by atoms with Gasteiger partial charge in [0.25, 0.3) is 0 Å². The van der Waals surface area contributed by atoms with Gasteiger partial charge in [-0.15, -0.1) is 10.2 Å². The average Bonchev–Trinajstić information content (AvgIpc) is 2.84. The first kappa shape index (κ1) is 11.5. The van der Waals surface area contributed by atoms with Gasteiger partial charge in [-0.2, -0.15) is 9.61 Å². The van der Waals surface area contributed by atoms with Gasteiger partial charge >= 0.3 is 0 Å². The van der Waals surface area contributed by atoms with E-state index in [1.807, 2.05) is 4.52 Å². The molecule has 0 aliphatic carbocycles. The second-order valence-corrected chi connectivity index (χ2v) is 4.91. The van der Waals surface area contributed by atoms with Crippen molar-refractivity contribution in [3.05, 3.63) is 10.8 Å². The maximum Gasteiger partial charge on any atom is 0.234 e. The van der Waals surface area contributed by atoms with Gasteiger partial charge in [-0.05, 0) is 12.5 Å². The van der Waals surface area contributed by atoms with Crippen molar-refractivity contribution in [3.63, 3.8) is 0 Å². The molecule has 0 aliphatic heterocycles. The quantitative estimate of drug-likeness (QED) is 0.853. The van der Waals surface area contributed by atoms with Gasteiger partial charge in [-0.25, -0.2) is 0 Å². The fraction of sp³-hybridized carbons (Fsp3) is 0.700. The van der Waals surface area contributed by atoms with Crippen LogP contribution in [0.3, 0.4) is 0 Å². The van der Waals surface area contributed by atoms with Crippen molar-refractivity contribution in [2.45, 2.75) is 33.1 Å². The average molecular weight is 239 g/mol. The van der Waals surface area contributed by atoms with E-state index in [-0.39, 0.29) is 0 Å². The molecule has 2 N–H and O–H groups in total. The van der Waals surface area contributed by atoms with Gasteiger partial charge in [0.2, 0.25) is 4.96 Å². The molecule has 0 bridgehead atoms. The van der Waals surface area contributed by atoms with Crippen LogP contribution in [0, 0.1) is 5.92 Å². The van der Waals surface area contributed by atoms with Crippen LogP contribution >= 0.6 is 11.3 Å². The summed E-state index contributed by atoms with van der Waals surface area (Å²) in [6, 6.07) is 0. The van der Waals surface area contributed by atoms with Gasteiger partial charge in [0, 0.05) is 12.8 Å². The van der Waals surface area contributed by atoms with E-state index < -0.39 is 0 Å². The zero-order chi connectivity index (χ0) is 11.5. The van der Waals surface area contributed by atoms with E-state index in [9.17, 15) is 0 Å². The molecule has 0 saturated heterocycles. The number of aromatic nitrogens is 4. The molecule has 2 rings (SSSR count). The molecule has 0 amide bonds. The normalized spacial score (nSPS) is 13.4. The second kappa shape index (κ2) is 4.88. The van der Waals surface area contributed by atoms with Crippen molar-refractivity contribution in [2.75, 3.05) is 6.54 Å². The Morgan fingerprint density at radius 2 is 2.19 bits per heavy atom. The predicted molar refractivity (Wildman–Crippen MR) is 64.6 cm³/mol. The van der Waals surface area contributed by atoms with Crippen molar-refractivity contribution < 1.29 is 0 Å². The van der Waals surface area contributed by atoms with E-state index in [1.54, 1.807) is 11.3 Å². The monoisotopic (exact) mass is 239 g/mol. The summed E-state index contributed by atoms with van der Waals surface area (Å²) in [5.41, 5.74) is 5.70. The first-order chi connectivity index (χ1) is 7.78. The van der Waals surface area contributed by atoms with Crippen LogP contribution in [0.2, 0.25) is 0 Å². The fourth-order valence-corrected chi connectivity index (χ4v) is 2.61. The summed E-state index contributed by atoms with van der Waals surface area (Å²) in [6.07, 6.45) is 2.90. The van der Waals surface area contributed by atoms with Crippen LogP contribution in [0.25, 0.3) is 4.96 Å². The summed E-state index contributed by atoms with van der Waals surface area (Å²) in [6.45, 7) is 4.94. The Kier molecular flexibility index (Phi) is 3.50. The van der Waals surface area contributed by atoms with Crippen LogP contribution in [0.4, 0.5) is 0 Å². The summed E-state index contributed by atoms with van der Waals surface area (Å²) < 4.78 is 1.85. The SMILES string of the molecule is CCc1nnc2sc(CC(CC)CN)nn12. The first-order valence-electron chi connectivity index (χ1n) is 5.68. The van der Waals surface area contributed by atoms with Crippen LogP contribution in [0.5, 0.6) is 0 Å². The lowest BCUT2D eigenvalue weighted by Crippen LogP contribution is -2.15. The number of nitrogens with zero attached hydrogens (tertiary/aromatic N) is 4. The Labute approximate surface area is 98.7 Å². The summed E-state index contributed by atoms with van der Waals surface area (Å²) in [7, 11) is 0. The molecule has 1 atom stereocenters. The number of hydrogen-bond acceptors (Lipinski definition) is 5. The van der Waals surface area contributed by atoms with Crippen molar-refractivity contribution >= 4 is 16.3 Å². The summed E-state index contributed by atoms with van der Waals surface area (Å²) >= 11 is 1.62. The van der Waals surface area contributed by atoms with Gasteiger partial charge in [0.15, 0.2) is 5.82 Å². The molecule has 0 radical (unpaired) electrons. The topological polar surface area (TPSA) is 69.1 Å². The van der Waals surface area contributed by atoms with Gasteiger partial charge in [-0.3, -0.25) is 0 Å². The van der Waals surface area contributed by atoms with E-state index in [2.05, 4.69) is 29.1 Å². The van der Waals surface area contributed by atoms with Gasteiger partial charge in [0.1, 0.15) is 5.01 Å². The third-order valence-electron chi connectivity index (χ3n) is 2.79. The highest BCUT2D eigenvalue weighted by molar-refractivity contribution is 7.16.